The molecule has 0 amide bonds. The second kappa shape index (κ2) is 5.49. The van der Waals surface area contributed by atoms with Crippen LogP contribution in [0.15, 0.2) is 29.3 Å². The minimum atomic E-state index is -0.285. The van der Waals surface area contributed by atoms with Crippen molar-refractivity contribution >= 4 is 11.6 Å². The van der Waals surface area contributed by atoms with Crippen LogP contribution in [-0.2, 0) is 6.42 Å². The number of alkyl halides is 1. The van der Waals surface area contributed by atoms with Crippen LogP contribution in [0.5, 0.6) is 0 Å². The number of allylic oxidation sites excluding steroid dienone is 2. The third-order valence-corrected chi connectivity index (χ3v) is 3.05. The zero-order chi connectivity index (χ0) is 12.3. The fraction of sp³-hybridized carbons (Fsp3) is 0.429. The van der Waals surface area contributed by atoms with Crippen molar-refractivity contribution in [3.8, 4) is 0 Å². The number of hydrogen-bond donors (Lipinski definition) is 0. The van der Waals surface area contributed by atoms with E-state index in [1.54, 1.807) is 6.92 Å². The van der Waals surface area contributed by atoms with E-state index in [2.05, 4.69) is 20.8 Å². The third kappa shape index (κ3) is 3.34. The van der Waals surface area contributed by atoms with Crippen molar-refractivity contribution in [3.63, 3.8) is 0 Å². The molecule has 0 saturated carbocycles. The van der Waals surface area contributed by atoms with Crippen molar-refractivity contribution < 1.29 is 4.39 Å². The molecule has 0 aliphatic carbocycles. The Bertz CT molecular complexity index is 401. The Morgan fingerprint density at radius 1 is 1.31 bits per heavy atom. The summed E-state index contributed by atoms with van der Waals surface area (Å²) >= 11 is 5.93. The molecule has 0 aromatic heterocycles. The molecule has 0 radical (unpaired) electrons. The van der Waals surface area contributed by atoms with Gasteiger partial charge in [0, 0.05) is 5.56 Å². The summed E-state index contributed by atoms with van der Waals surface area (Å²) in [6.07, 6.45) is 0.860. The smallest absolute Gasteiger partial charge is 0.127 e. The van der Waals surface area contributed by atoms with E-state index < -0.39 is 0 Å². The van der Waals surface area contributed by atoms with Crippen LogP contribution in [0.3, 0.4) is 0 Å². The van der Waals surface area contributed by atoms with Gasteiger partial charge in [-0.2, -0.15) is 0 Å². The van der Waals surface area contributed by atoms with E-state index in [0.717, 1.165) is 12.0 Å². The quantitative estimate of drug-likeness (QED) is 0.514. The third-order valence-electron chi connectivity index (χ3n) is 2.81. The first-order valence-electron chi connectivity index (χ1n) is 5.47. The van der Waals surface area contributed by atoms with Gasteiger partial charge < -0.3 is 0 Å². The van der Waals surface area contributed by atoms with E-state index in [0.29, 0.717) is 5.56 Å². The molecule has 16 heavy (non-hydrogen) atoms. The average molecular weight is 241 g/mol. The van der Waals surface area contributed by atoms with Crippen molar-refractivity contribution in [1.29, 1.82) is 0 Å². The van der Waals surface area contributed by atoms with Gasteiger partial charge in [-0.05, 0) is 45.7 Å². The van der Waals surface area contributed by atoms with Gasteiger partial charge in [0.1, 0.15) is 5.82 Å². The summed E-state index contributed by atoms with van der Waals surface area (Å²) in [6, 6.07) is 5.19. The van der Waals surface area contributed by atoms with Gasteiger partial charge in [-0.25, -0.2) is 4.39 Å². The monoisotopic (exact) mass is 240 g/mol. The Labute approximate surface area is 102 Å². The molecule has 2 heteroatoms. The van der Waals surface area contributed by atoms with Gasteiger partial charge in [0.05, 0.1) is 5.38 Å². The zero-order valence-corrected chi connectivity index (χ0v) is 11.0. The second-order valence-electron chi connectivity index (χ2n) is 4.43. The Kier molecular flexibility index (Phi) is 4.55. The molecule has 88 valence electrons. The lowest BCUT2D eigenvalue weighted by molar-refractivity contribution is 0.609. The molecule has 0 aliphatic rings. The molecule has 1 atom stereocenters. The Balaban J connectivity index is 3.00. The molecule has 0 spiro atoms. The largest absolute Gasteiger partial charge is 0.207 e. The molecule has 0 heterocycles. The standard InChI is InChI=1S/C14H18ClF/c1-9(2)10(3)7-12-5-6-14(16)13(8-12)11(4)15/h5-6,8,11H,7H2,1-4H3. The van der Waals surface area contributed by atoms with Crippen LogP contribution >= 0.6 is 11.6 Å². The lowest BCUT2D eigenvalue weighted by Crippen LogP contribution is -1.95. The Morgan fingerprint density at radius 2 is 1.94 bits per heavy atom. The highest BCUT2D eigenvalue weighted by Crippen LogP contribution is 2.24. The van der Waals surface area contributed by atoms with Crippen LogP contribution in [0.2, 0.25) is 0 Å². The van der Waals surface area contributed by atoms with Crippen molar-refractivity contribution in [2.75, 3.05) is 0 Å². The van der Waals surface area contributed by atoms with Crippen molar-refractivity contribution in [2.24, 2.45) is 0 Å². The first-order valence-corrected chi connectivity index (χ1v) is 5.90. The van der Waals surface area contributed by atoms with Crippen LogP contribution in [0, 0.1) is 5.82 Å². The van der Waals surface area contributed by atoms with Gasteiger partial charge in [-0.1, -0.05) is 23.3 Å². The topological polar surface area (TPSA) is 0 Å². The van der Waals surface area contributed by atoms with E-state index >= 15 is 0 Å². The predicted molar refractivity (Wildman–Crippen MR) is 68.4 cm³/mol. The number of halogens is 2. The Morgan fingerprint density at radius 3 is 2.44 bits per heavy atom. The van der Waals surface area contributed by atoms with Crippen LogP contribution in [-0.4, -0.2) is 0 Å². The van der Waals surface area contributed by atoms with Crippen LogP contribution in [0.25, 0.3) is 0 Å². The molecule has 1 aromatic rings. The molecule has 1 unspecified atom stereocenters. The highest BCUT2D eigenvalue weighted by molar-refractivity contribution is 6.20. The summed E-state index contributed by atoms with van der Waals surface area (Å²) in [4.78, 5) is 0. The van der Waals surface area contributed by atoms with Crippen molar-refractivity contribution in [2.45, 2.75) is 39.5 Å². The van der Waals surface area contributed by atoms with Crippen molar-refractivity contribution in [3.05, 3.63) is 46.3 Å². The number of rotatable bonds is 3. The van der Waals surface area contributed by atoms with Crippen LogP contribution in [0.1, 0.15) is 44.2 Å². The zero-order valence-electron chi connectivity index (χ0n) is 10.3. The first kappa shape index (κ1) is 13.2. The number of benzene rings is 1. The molecule has 0 fully saturated rings. The van der Waals surface area contributed by atoms with E-state index in [4.69, 9.17) is 11.6 Å². The molecule has 0 saturated heterocycles. The lowest BCUT2D eigenvalue weighted by atomic mass is 10.00. The lowest BCUT2D eigenvalue weighted by Gasteiger charge is -2.09. The molecule has 0 aliphatic heterocycles. The number of hydrogen-bond acceptors (Lipinski definition) is 0. The maximum atomic E-state index is 13.4. The highest BCUT2D eigenvalue weighted by atomic mass is 35.5. The van der Waals surface area contributed by atoms with Gasteiger partial charge in [-0.15, -0.1) is 11.6 Å². The molecule has 1 aromatic carbocycles. The fourth-order valence-corrected chi connectivity index (χ4v) is 1.66. The van der Waals surface area contributed by atoms with E-state index in [-0.39, 0.29) is 11.2 Å². The van der Waals surface area contributed by atoms with Gasteiger partial charge in [0.2, 0.25) is 0 Å². The summed E-state index contributed by atoms with van der Waals surface area (Å²) < 4.78 is 13.4. The normalized spacial score (nSPS) is 12.4. The van der Waals surface area contributed by atoms with Gasteiger partial charge in [0.15, 0.2) is 0 Å². The summed E-state index contributed by atoms with van der Waals surface area (Å²) in [5.74, 6) is -0.221. The minimum Gasteiger partial charge on any atom is -0.207 e. The predicted octanol–water partition coefficient (Wildman–Crippen LogP) is 5.02. The van der Waals surface area contributed by atoms with Gasteiger partial charge in [-0.3, -0.25) is 0 Å². The van der Waals surface area contributed by atoms with E-state index in [1.165, 1.54) is 17.2 Å². The molecule has 1 rings (SSSR count). The maximum absolute atomic E-state index is 13.4. The summed E-state index contributed by atoms with van der Waals surface area (Å²) in [5.41, 5.74) is 4.33. The van der Waals surface area contributed by atoms with Crippen molar-refractivity contribution in [1.82, 2.24) is 0 Å². The van der Waals surface area contributed by atoms with Crippen LogP contribution in [0.4, 0.5) is 4.39 Å². The van der Waals surface area contributed by atoms with Crippen LogP contribution < -0.4 is 0 Å². The van der Waals surface area contributed by atoms with Gasteiger partial charge in [0.25, 0.3) is 0 Å². The Hall–Kier alpha value is -0.820. The molecule has 0 N–H and O–H groups in total. The highest BCUT2D eigenvalue weighted by Gasteiger charge is 2.09. The summed E-state index contributed by atoms with van der Waals surface area (Å²) in [6.45, 7) is 8.06. The van der Waals surface area contributed by atoms with E-state index in [9.17, 15) is 4.39 Å². The summed E-state index contributed by atoms with van der Waals surface area (Å²) in [7, 11) is 0. The fourth-order valence-electron chi connectivity index (χ4n) is 1.49. The maximum Gasteiger partial charge on any atom is 0.127 e. The molecule has 0 nitrogen and oxygen atoms in total. The average Bonchev–Trinajstić information content (AvgIpc) is 2.20. The second-order valence-corrected chi connectivity index (χ2v) is 5.08. The first-order chi connectivity index (χ1) is 7.41. The molecular formula is C14H18ClF. The molecular weight excluding hydrogens is 223 g/mol. The van der Waals surface area contributed by atoms with Gasteiger partial charge >= 0.3 is 0 Å². The summed E-state index contributed by atoms with van der Waals surface area (Å²) in [5, 5.41) is -0.285. The minimum absolute atomic E-state index is 0.221. The molecule has 0 bridgehead atoms. The SMILES string of the molecule is CC(C)=C(C)Cc1ccc(F)c(C(C)Cl)c1. The van der Waals surface area contributed by atoms with E-state index in [1.807, 2.05) is 12.1 Å².